The van der Waals surface area contributed by atoms with Gasteiger partial charge in [-0.05, 0) is 42.0 Å². The van der Waals surface area contributed by atoms with Gasteiger partial charge in [0.25, 0.3) is 0 Å². The van der Waals surface area contributed by atoms with Gasteiger partial charge in [-0.1, -0.05) is 75.4 Å². The van der Waals surface area contributed by atoms with E-state index in [1.165, 1.54) is 23.1 Å². The van der Waals surface area contributed by atoms with E-state index in [0.717, 1.165) is 6.54 Å². The molecule has 0 saturated heterocycles. The molecule has 21 heavy (non-hydrogen) atoms. The van der Waals surface area contributed by atoms with Gasteiger partial charge in [0, 0.05) is 6.04 Å². The van der Waals surface area contributed by atoms with Crippen LogP contribution in [0.4, 0.5) is 0 Å². The predicted molar refractivity (Wildman–Crippen MR) is 92.4 cm³/mol. The van der Waals surface area contributed by atoms with Crippen LogP contribution in [0.2, 0.25) is 0 Å². The van der Waals surface area contributed by atoms with E-state index in [1.807, 2.05) is 0 Å². The van der Waals surface area contributed by atoms with Crippen molar-refractivity contribution in [3.05, 3.63) is 60.2 Å². The van der Waals surface area contributed by atoms with Gasteiger partial charge in [0.15, 0.2) is 0 Å². The van der Waals surface area contributed by atoms with E-state index in [1.54, 1.807) is 0 Å². The summed E-state index contributed by atoms with van der Waals surface area (Å²) >= 11 is 0. The van der Waals surface area contributed by atoms with Crippen molar-refractivity contribution in [1.29, 1.82) is 0 Å². The molecule has 0 fully saturated rings. The topological polar surface area (TPSA) is 12.0 Å². The number of hydrogen-bond donors (Lipinski definition) is 1. The molecule has 1 nitrogen and oxygen atoms in total. The SMILES string of the molecule is CC(NCCC(C)(C)C)c1ccc(-c2ccccc2)cc1. The van der Waals surface area contributed by atoms with Gasteiger partial charge in [-0.15, -0.1) is 0 Å². The average Bonchev–Trinajstić information content (AvgIpc) is 2.47. The minimum atomic E-state index is 0.393. The first-order chi connectivity index (χ1) is 9.96. The van der Waals surface area contributed by atoms with Crippen LogP contribution in [0, 0.1) is 5.41 Å². The minimum Gasteiger partial charge on any atom is -0.310 e. The highest BCUT2D eigenvalue weighted by atomic mass is 14.9. The third kappa shape index (κ3) is 5.02. The van der Waals surface area contributed by atoms with Crippen LogP contribution in [0.1, 0.15) is 45.7 Å². The first-order valence-electron chi connectivity index (χ1n) is 7.84. The number of hydrogen-bond acceptors (Lipinski definition) is 1. The van der Waals surface area contributed by atoms with E-state index in [-0.39, 0.29) is 0 Å². The van der Waals surface area contributed by atoms with Crippen molar-refractivity contribution >= 4 is 0 Å². The molecule has 0 saturated carbocycles. The maximum atomic E-state index is 3.61. The quantitative estimate of drug-likeness (QED) is 0.769. The molecule has 1 heteroatoms. The minimum absolute atomic E-state index is 0.393. The monoisotopic (exact) mass is 281 g/mol. The fraction of sp³-hybridized carbons (Fsp3) is 0.400. The van der Waals surface area contributed by atoms with Gasteiger partial charge in [0.05, 0.1) is 0 Å². The molecule has 0 heterocycles. The summed E-state index contributed by atoms with van der Waals surface area (Å²) in [6, 6.07) is 19.8. The Morgan fingerprint density at radius 2 is 1.43 bits per heavy atom. The van der Waals surface area contributed by atoms with E-state index in [4.69, 9.17) is 0 Å². The molecule has 0 aromatic heterocycles. The van der Waals surface area contributed by atoms with Crippen LogP contribution in [0.3, 0.4) is 0 Å². The van der Waals surface area contributed by atoms with Crippen LogP contribution < -0.4 is 5.32 Å². The van der Waals surface area contributed by atoms with Gasteiger partial charge in [-0.3, -0.25) is 0 Å². The standard InChI is InChI=1S/C20H27N/c1-16(21-15-14-20(2,3)4)17-10-12-19(13-11-17)18-8-6-5-7-9-18/h5-13,16,21H,14-15H2,1-4H3. The number of benzene rings is 2. The Morgan fingerprint density at radius 3 is 2.00 bits per heavy atom. The van der Waals surface area contributed by atoms with E-state index in [0.29, 0.717) is 11.5 Å². The molecule has 0 amide bonds. The molecule has 2 aromatic rings. The molecular formula is C20H27N. The molecule has 0 aliphatic rings. The van der Waals surface area contributed by atoms with Gasteiger partial charge in [0.1, 0.15) is 0 Å². The van der Waals surface area contributed by atoms with Crippen LogP contribution in [-0.2, 0) is 0 Å². The van der Waals surface area contributed by atoms with Gasteiger partial charge in [0.2, 0.25) is 0 Å². The third-order valence-corrected chi connectivity index (χ3v) is 3.84. The summed E-state index contributed by atoms with van der Waals surface area (Å²) in [5, 5.41) is 3.61. The second kappa shape index (κ2) is 6.91. The fourth-order valence-electron chi connectivity index (χ4n) is 2.38. The summed E-state index contributed by atoms with van der Waals surface area (Å²) in [5.74, 6) is 0. The van der Waals surface area contributed by atoms with E-state index < -0.39 is 0 Å². The van der Waals surface area contributed by atoms with E-state index >= 15 is 0 Å². The zero-order chi connectivity index (χ0) is 15.3. The van der Waals surface area contributed by atoms with E-state index in [9.17, 15) is 0 Å². The molecular weight excluding hydrogens is 254 g/mol. The number of rotatable bonds is 5. The second-order valence-corrected chi connectivity index (χ2v) is 6.97. The van der Waals surface area contributed by atoms with Crippen molar-refractivity contribution in [3.8, 4) is 11.1 Å². The van der Waals surface area contributed by atoms with Crippen LogP contribution in [0.25, 0.3) is 11.1 Å². The van der Waals surface area contributed by atoms with Crippen molar-refractivity contribution < 1.29 is 0 Å². The summed E-state index contributed by atoms with van der Waals surface area (Å²) in [5.41, 5.74) is 4.30. The number of nitrogens with one attached hydrogen (secondary N) is 1. The Balaban J connectivity index is 1.96. The van der Waals surface area contributed by atoms with Crippen LogP contribution in [-0.4, -0.2) is 6.54 Å². The van der Waals surface area contributed by atoms with Crippen molar-refractivity contribution in [2.75, 3.05) is 6.54 Å². The summed E-state index contributed by atoms with van der Waals surface area (Å²) < 4.78 is 0. The van der Waals surface area contributed by atoms with Gasteiger partial charge >= 0.3 is 0 Å². The molecule has 1 unspecified atom stereocenters. The Labute approximate surface area is 129 Å². The first-order valence-corrected chi connectivity index (χ1v) is 7.84. The molecule has 0 aliphatic carbocycles. The molecule has 2 aromatic carbocycles. The van der Waals surface area contributed by atoms with Gasteiger partial charge < -0.3 is 5.32 Å². The summed E-state index contributed by atoms with van der Waals surface area (Å²) in [4.78, 5) is 0. The lowest BCUT2D eigenvalue weighted by Gasteiger charge is -2.21. The van der Waals surface area contributed by atoms with Crippen LogP contribution >= 0.6 is 0 Å². The highest BCUT2D eigenvalue weighted by Gasteiger charge is 2.11. The molecule has 112 valence electrons. The maximum Gasteiger partial charge on any atom is 0.0291 e. The largest absolute Gasteiger partial charge is 0.310 e. The summed E-state index contributed by atoms with van der Waals surface area (Å²) in [7, 11) is 0. The van der Waals surface area contributed by atoms with Gasteiger partial charge in [-0.25, -0.2) is 0 Å². The third-order valence-electron chi connectivity index (χ3n) is 3.84. The van der Waals surface area contributed by atoms with Gasteiger partial charge in [-0.2, -0.15) is 0 Å². The molecule has 0 bridgehead atoms. The maximum absolute atomic E-state index is 3.61. The second-order valence-electron chi connectivity index (χ2n) is 6.97. The highest BCUT2D eigenvalue weighted by Crippen LogP contribution is 2.22. The lowest BCUT2D eigenvalue weighted by molar-refractivity contribution is 0.358. The van der Waals surface area contributed by atoms with Crippen molar-refractivity contribution in [2.45, 2.75) is 40.2 Å². The fourth-order valence-corrected chi connectivity index (χ4v) is 2.38. The Hall–Kier alpha value is -1.60. The molecule has 0 radical (unpaired) electrons. The lowest BCUT2D eigenvalue weighted by Crippen LogP contribution is -2.23. The molecule has 2 rings (SSSR count). The van der Waals surface area contributed by atoms with Crippen LogP contribution in [0.5, 0.6) is 0 Å². The van der Waals surface area contributed by atoms with Crippen molar-refractivity contribution in [3.63, 3.8) is 0 Å². The molecule has 0 aliphatic heterocycles. The summed E-state index contributed by atoms with van der Waals surface area (Å²) in [6.45, 7) is 10.2. The molecule has 1 atom stereocenters. The zero-order valence-electron chi connectivity index (χ0n) is 13.7. The lowest BCUT2D eigenvalue weighted by atomic mass is 9.92. The highest BCUT2D eigenvalue weighted by molar-refractivity contribution is 5.63. The Morgan fingerprint density at radius 1 is 0.857 bits per heavy atom. The predicted octanol–water partition coefficient (Wildman–Crippen LogP) is 5.44. The average molecular weight is 281 g/mol. The van der Waals surface area contributed by atoms with E-state index in [2.05, 4.69) is 87.6 Å². The Kier molecular flexibility index (Phi) is 5.19. The first kappa shape index (κ1) is 15.8. The van der Waals surface area contributed by atoms with Crippen molar-refractivity contribution in [2.24, 2.45) is 5.41 Å². The Bertz CT molecular complexity index is 534. The smallest absolute Gasteiger partial charge is 0.0291 e. The summed E-state index contributed by atoms with van der Waals surface area (Å²) in [6.07, 6.45) is 1.19. The normalized spacial score (nSPS) is 13.1. The molecule has 0 spiro atoms. The van der Waals surface area contributed by atoms with Crippen LogP contribution in [0.15, 0.2) is 54.6 Å². The molecule has 1 N–H and O–H groups in total. The zero-order valence-corrected chi connectivity index (χ0v) is 13.7. The van der Waals surface area contributed by atoms with Crippen molar-refractivity contribution in [1.82, 2.24) is 5.32 Å².